The molecule has 1 aliphatic heterocycles. The first kappa shape index (κ1) is 13.4. The quantitative estimate of drug-likeness (QED) is 0.635. The van der Waals surface area contributed by atoms with E-state index in [0.29, 0.717) is 0 Å². The van der Waals surface area contributed by atoms with Crippen molar-refractivity contribution in [2.24, 2.45) is 0 Å². The van der Waals surface area contributed by atoms with Crippen LogP contribution in [0.1, 0.15) is 58.3 Å². The van der Waals surface area contributed by atoms with Crippen LogP contribution >= 0.6 is 11.8 Å². The average molecular weight is 229 g/mol. The molecule has 2 atom stereocenters. The van der Waals surface area contributed by atoms with Crippen LogP contribution in [0.2, 0.25) is 0 Å². The third-order valence-electron chi connectivity index (χ3n) is 3.40. The first-order valence-electron chi connectivity index (χ1n) is 6.67. The number of thioether (sulfide) groups is 1. The topological polar surface area (TPSA) is 12.0 Å². The molecule has 2 heteroatoms. The van der Waals surface area contributed by atoms with E-state index in [2.05, 4.69) is 31.1 Å². The van der Waals surface area contributed by atoms with E-state index in [1.807, 2.05) is 0 Å². The highest BCUT2D eigenvalue weighted by molar-refractivity contribution is 8.00. The summed E-state index contributed by atoms with van der Waals surface area (Å²) in [4.78, 5) is 0. The van der Waals surface area contributed by atoms with Gasteiger partial charge in [0.1, 0.15) is 0 Å². The van der Waals surface area contributed by atoms with Crippen LogP contribution in [0.3, 0.4) is 0 Å². The Morgan fingerprint density at radius 1 is 1.27 bits per heavy atom. The average Bonchev–Trinajstić information content (AvgIpc) is 2.77. The van der Waals surface area contributed by atoms with Crippen molar-refractivity contribution in [2.45, 2.75) is 69.6 Å². The van der Waals surface area contributed by atoms with Crippen molar-refractivity contribution in [3.05, 3.63) is 0 Å². The van der Waals surface area contributed by atoms with Crippen molar-refractivity contribution < 1.29 is 0 Å². The Morgan fingerprint density at radius 3 is 2.67 bits per heavy atom. The second kappa shape index (κ2) is 8.46. The maximum absolute atomic E-state index is 3.51. The van der Waals surface area contributed by atoms with E-state index >= 15 is 0 Å². The Balaban J connectivity index is 2.05. The van der Waals surface area contributed by atoms with Crippen LogP contribution in [0, 0.1) is 0 Å². The fraction of sp³-hybridized carbons (Fsp3) is 1.00. The Kier molecular flexibility index (Phi) is 7.54. The largest absolute Gasteiger partial charge is 0.316 e. The molecule has 1 nitrogen and oxygen atoms in total. The molecule has 0 saturated carbocycles. The van der Waals surface area contributed by atoms with Crippen LogP contribution in [-0.2, 0) is 0 Å². The van der Waals surface area contributed by atoms with Crippen molar-refractivity contribution in [3.8, 4) is 0 Å². The lowest BCUT2D eigenvalue weighted by Crippen LogP contribution is -2.34. The number of unbranched alkanes of at least 4 members (excludes halogenated alkanes) is 4. The monoisotopic (exact) mass is 229 g/mol. The maximum atomic E-state index is 3.51. The van der Waals surface area contributed by atoms with Gasteiger partial charge in [-0.25, -0.2) is 0 Å². The molecule has 1 fully saturated rings. The zero-order valence-electron chi connectivity index (χ0n) is 10.4. The van der Waals surface area contributed by atoms with Crippen molar-refractivity contribution in [2.75, 3.05) is 12.8 Å². The minimum atomic E-state index is 0.777. The van der Waals surface area contributed by atoms with Crippen molar-refractivity contribution in [1.82, 2.24) is 5.32 Å². The Labute approximate surface area is 99.8 Å². The molecule has 1 aliphatic rings. The van der Waals surface area contributed by atoms with E-state index in [4.69, 9.17) is 0 Å². The van der Waals surface area contributed by atoms with Crippen LogP contribution in [0.15, 0.2) is 0 Å². The molecule has 2 unspecified atom stereocenters. The summed E-state index contributed by atoms with van der Waals surface area (Å²) in [5, 5.41) is 4.42. The summed E-state index contributed by atoms with van der Waals surface area (Å²) < 4.78 is 0. The molecule has 1 heterocycles. The zero-order valence-corrected chi connectivity index (χ0v) is 11.2. The Bertz CT molecular complexity index is 143. The van der Waals surface area contributed by atoms with Gasteiger partial charge in [-0.15, -0.1) is 0 Å². The van der Waals surface area contributed by atoms with Gasteiger partial charge < -0.3 is 5.32 Å². The van der Waals surface area contributed by atoms with Gasteiger partial charge in [0.15, 0.2) is 0 Å². The molecule has 0 spiro atoms. The molecule has 1 saturated heterocycles. The molecule has 15 heavy (non-hydrogen) atoms. The lowest BCUT2D eigenvalue weighted by Gasteiger charge is -2.22. The highest BCUT2D eigenvalue weighted by atomic mass is 32.2. The molecule has 0 aromatic heterocycles. The molecular weight excluding hydrogens is 202 g/mol. The summed E-state index contributed by atoms with van der Waals surface area (Å²) in [6, 6.07) is 0.777. The second-order valence-corrected chi connectivity index (χ2v) is 6.00. The summed E-state index contributed by atoms with van der Waals surface area (Å²) in [5.41, 5.74) is 0. The number of rotatable bonds is 8. The lowest BCUT2D eigenvalue weighted by molar-refractivity contribution is 0.463. The van der Waals surface area contributed by atoms with Gasteiger partial charge in [0.2, 0.25) is 0 Å². The van der Waals surface area contributed by atoms with Crippen LogP contribution < -0.4 is 5.32 Å². The van der Waals surface area contributed by atoms with E-state index in [0.717, 1.165) is 11.3 Å². The van der Waals surface area contributed by atoms with Crippen LogP contribution in [0.5, 0.6) is 0 Å². The first-order chi connectivity index (χ1) is 7.38. The summed E-state index contributed by atoms with van der Waals surface area (Å²) in [7, 11) is 2.13. The number of hydrogen-bond donors (Lipinski definition) is 1. The maximum Gasteiger partial charge on any atom is 0.0201 e. The van der Waals surface area contributed by atoms with Crippen molar-refractivity contribution >= 4 is 11.8 Å². The molecule has 0 bridgehead atoms. The van der Waals surface area contributed by atoms with Crippen LogP contribution in [0.4, 0.5) is 0 Å². The number of hydrogen-bond acceptors (Lipinski definition) is 2. The minimum Gasteiger partial charge on any atom is -0.316 e. The molecule has 0 aliphatic carbocycles. The molecule has 1 rings (SSSR count). The predicted octanol–water partition coefficient (Wildman–Crippen LogP) is 3.83. The molecule has 0 radical (unpaired) electrons. The molecule has 0 amide bonds. The summed E-state index contributed by atoms with van der Waals surface area (Å²) in [6.45, 7) is 2.28. The molecule has 90 valence electrons. The van der Waals surface area contributed by atoms with Gasteiger partial charge >= 0.3 is 0 Å². The van der Waals surface area contributed by atoms with E-state index in [1.54, 1.807) is 0 Å². The fourth-order valence-electron chi connectivity index (χ4n) is 2.40. The van der Waals surface area contributed by atoms with Crippen molar-refractivity contribution in [3.63, 3.8) is 0 Å². The van der Waals surface area contributed by atoms with Gasteiger partial charge in [-0.05, 0) is 32.1 Å². The van der Waals surface area contributed by atoms with Crippen LogP contribution in [-0.4, -0.2) is 24.1 Å². The summed E-state index contributed by atoms with van der Waals surface area (Å²) in [6.07, 6.45) is 11.3. The molecule has 0 aromatic rings. The standard InChI is InChI=1S/C13H27NS/c1-3-4-5-6-7-9-12(14-2)13-10-8-11-15-13/h12-14H,3-11H2,1-2H3. The van der Waals surface area contributed by atoms with Crippen molar-refractivity contribution in [1.29, 1.82) is 0 Å². The smallest absolute Gasteiger partial charge is 0.0201 e. The Hall–Kier alpha value is 0.310. The SMILES string of the molecule is CCCCCCCC(NC)C1CCCS1. The van der Waals surface area contributed by atoms with Crippen LogP contribution in [0.25, 0.3) is 0 Å². The van der Waals surface area contributed by atoms with Gasteiger partial charge in [0.05, 0.1) is 0 Å². The van der Waals surface area contributed by atoms with Gasteiger partial charge in [0, 0.05) is 11.3 Å². The first-order valence-corrected chi connectivity index (χ1v) is 7.72. The third kappa shape index (κ3) is 5.26. The van der Waals surface area contributed by atoms with E-state index in [1.165, 1.54) is 57.1 Å². The van der Waals surface area contributed by atoms with E-state index < -0.39 is 0 Å². The summed E-state index contributed by atoms with van der Waals surface area (Å²) >= 11 is 2.18. The van der Waals surface area contributed by atoms with Gasteiger partial charge in [-0.1, -0.05) is 39.0 Å². The summed E-state index contributed by atoms with van der Waals surface area (Å²) in [5.74, 6) is 1.39. The molecule has 0 aromatic carbocycles. The lowest BCUT2D eigenvalue weighted by atomic mass is 10.0. The predicted molar refractivity (Wildman–Crippen MR) is 71.7 cm³/mol. The third-order valence-corrected chi connectivity index (χ3v) is 4.92. The zero-order chi connectivity index (χ0) is 10.9. The van der Waals surface area contributed by atoms with Gasteiger partial charge in [-0.3, -0.25) is 0 Å². The highest BCUT2D eigenvalue weighted by Gasteiger charge is 2.23. The normalized spacial score (nSPS) is 23.2. The van der Waals surface area contributed by atoms with Gasteiger partial charge in [-0.2, -0.15) is 11.8 Å². The van der Waals surface area contributed by atoms with E-state index in [9.17, 15) is 0 Å². The van der Waals surface area contributed by atoms with E-state index in [-0.39, 0.29) is 0 Å². The van der Waals surface area contributed by atoms with Gasteiger partial charge in [0.25, 0.3) is 0 Å². The molecule has 1 N–H and O–H groups in total. The highest BCUT2D eigenvalue weighted by Crippen LogP contribution is 2.30. The second-order valence-electron chi connectivity index (χ2n) is 4.65. The number of nitrogens with one attached hydrogen (secondary N) is 1. The fourth-order valence-corrected chi connectivity index (χ4v) is 3.88. The minimum absolute atomic E-state index is 0.777. The Morgan fingerprint density at radius 2 is 2.07 bits per heavy atom. The molecular formula is C13H27NS.